The molecule has 2 aliphatic heterocycles. The van der Waals surface area contributed by atoms with Crippen molar-refractivity contribution in [3.8, 4) is 23.0 Å². The van der Waals surface area contributed by atoms with Crippen LogP contribution in [-0.4, -0.2) is 6.71 Å². The summed E-state index contributed by atoms with van der Waals surface area (Å²) in [5.74, 6) is 3.30. The van der Waals surface area contributed by atoms with Gasteiger partial charge in [-0.3, -0.25) is 0 Å². The van der Waals surface area contributed by atoms with Gasteiger partial charge >= 0.3 is 0 Å². The SMILES string of the molecule is Cc1ccc2c(c1)B1c3cc(C)ccc3Oc3c1c(cc1c3oc3cc(N(c4ccccc4)c4ccccc4)ccc31)O2. The Bertz CT molecular complexity index is 2170. The van der Waals surface area contributed by atoms with Gasteiger partial charge in [0.2, 0.25) is 0 Å². The van der Waals surface area contributed by atoms with Crippen LogP contribution in [0.15, 0.2) is 126 Å². The van der Waals surface area contributed by atoms with Gasteiger partial charge in [0.15, 0.2) is 11.3 Å². The van der Waals surface area contributed by atoms with Gasteiger partial charge in [0, 0.05) is 39.4 Å². The van der Waals surface area contributed by atoms with Crippen LogP contribution in [0, 0.1) is 13.8 Å². The van der Waals surface area contributed by atoms with E-state index in [0.717, 1.165) is 78.4 Å². The largest absolute Gasteiger partial charge is 0.458 e. The number of rotatable bonds is 3. The van der Waals surface area contributed by atoms with Crippen molar-refractivity contribution in [2.75, 3.05) is 4.90 Å². The topological polar surface area (TPSA) is 34.8 Å². The van der Waals surface area contributed by atoms with Gasteiger partial charge in [-0.05, 0) is 79.4 Å². The number of anilines is 3. The molecule has 0 spiro atoms. The van der Waals surface area contributed by atoms with Crippen molar-refractivity contribution >= 4 is 62.1 Å². The van der Waals surface area contributed by atoms with E-state index in [0.29, 0.717) is 0 Å². The number of benzene rings is 6. The minimum atomic E-state index is -0.00266. The second-order valence-corrected chi connectivity index (χ2v) is 11.5. The molecule has 43 heavy (non-hydrogen) atoms. The van der Waals surface area contributed by atoms with Gasteiger partial charge in [0.05, 0.1) is 0 Å². The summed E-state index contributed by atoms with van der Waals surface area (Å²) >= 11 is 0. The third-order valence-electron chi connectivity index (χ3n) is 8.66. The minimum Gasteiger partial charge on any atom is -0.458 e. The van der Waals surface area contributed by atoms with E-state index in [4.69, 9.17) is 13.9 Å². The maximum atomic E-state index is 6.73. The molecule has 0 radical (unpaired) electrons. The molecule has 0 aliphatic carbocycles. The van der Waals surface area contributed by atoms with Crippen molar-refractivity contribution in [2.45, 2.75) is 13.8 Å². The maximum absolute atomic E-state index is 6.73. The second-order valence-electron chi connectivity index (χ2n) is 11.5. The fraction of sp³-hybridized carbons (Fsp3) is 0.0526. The van der Waals surface area contributed by atoms with Gasteiger partial charge < -0.3 is 18.8 Å². The molecule has 6 aromatic carbocycles. The Hall–Kier alpha value is -5.42. The lowest BCUT2D eigenvalue weighted by atomic mass is 9.34. The zero-order chi connectivity index (χ0) is 28.7. The van der Waals surface area contributed by atoms with Crippen LogP contribution in [0.2, 0.25) is 0 Å². The number of nitrogens with zero attached hydrogens (tertiary/aromatic N) is 1. The number of furan rings is 1. The molecule has 204 valence electrons. The van der Waals surface area contributed by atoms with Gasteiger partial charge in [0.1, 0.15) is 22.8 Å². The van der Waals surface area contributed by atoms with Crippen LogP contribution >= 0.6 is 0 Å². The summed E-state index contributed by atoms with van der Waals surface area (Å²) in [4.78, 5) is 2.24. The molecule has 0 fully saturated rings. The van der Waals surface area contributed by atoms with Gasteiger partial charge in [-0.25, -0.2) is 0 Å². The van der Waals surface area contributed by atoms with E-state index in [1.807, 2.05) is 12.1 Å². The fourth-order valence-electron chi connectivity index (χ4n) is 6.74. The average Bonchev–Trinajstić information content (AvgIpc) is 3.40. The Labute approximate surface area is 249 Å². The van der Waals surface area contributed by atoms with Crippen LogP contribution in [0.5, 0.6) is 23.0 Å². The molecule has 0 saturated carbocycles. The molecule has 7 aromatic rings. The highest BCUT2D eigenvalue weighted by atomic mass is 16.5. The van der Waals surface area contributed by atoms with Gasteiger partial charge in [-0.15, -0.1) is 0 Å². The van der Waals surface area contributed by atoms with Crippen LogP contribution in [0.1, 0.15) is 11.1 Å². The zero-order valence-corrected chi connectivity index (χ0v) is 23.8. The van der Waals surface area contributed by atoms with Gasteiger partial charge in [-0.2, -0.15) is 0 Å². The monoisotopic (exact) mass is 555 g/mol. The van der Waals surface area contributed by atoms with E-state index in [9.17, 15) is 0 Å². The molecular weight excluding hydrogens is 529 g/mol. The number of hydrogen-bond donors (Lipinski definition) is 0. The highest BCUT2D eigenvalue weighted by Gasteiger charge is 2.42. The van der Waals surface area contributed by atoms with Crippen molar-refractivity contribution in [3.63, 3.8) is 0 Å². The number of para-hydroxylation sites is 2. The van der Waals surface area contributed by atoms with E-state index >= 15 is 0 Å². The van der Waals surface area contributed by atoms with E-state index in [1.54, 1.807) is 0 Å². The number of hydrogen-bond acceptors (Lipinski definition) is 4. The molecule has 0 bridgehead atoms. The molecule has 4 nitrogen and oxygen atoms in total. The lowest BCUT2D eigenvalue weighted by Crippen LogP contribution is -2.57. The van der Waals surface area contributed by atoms with E-state index in [1.165, 1.54) is 11.1 Å². The maximum Gasteiger partial charge on any atom is 0.260 e. The molecule has 0 saturated heterocycles. The van der Waals surface area contributed by atoms with Gasteiger partial charge in [-0.1, -0.05) is 71.8 Å². The first-order valence-corrected chi connectivity index (χ1v) is 14.6. The van der Waals surface area contributed by atoms with Crippen LogP contribution in [0.25, 0.3) is 21.9 Å². The first-order chi connectivity index (χ1) is 21.1. The van der Waals surface area contributed by atoms with Crippen molar-refractivity contribution in [3.05, 3.63) is 132 Å². The zero-order valence-electron chi connectivity index (χ0n) is 23.8. The molecule has 0 unspecified atom stereocenters. The summed E-state index contributed by atoms with van der Waals surface area (Å²) in [7, 11) is 0. The smallest absolute Gasteiger partial charge is 0.260 e. The predicted molar refractivity (Wildman–Crippen MR) is 176 cm³/mol. The summed E-state index contributed by atoms with van der Waals surface area (Å²) in [6.07, 6.45) is 0. The lowest BCUT2D eigenvalue weighted by Gasteiger charge is -2.33. The standard InChI is InChI=1S/C38H26BNO3/c1-23-13-17-32-30(19-23)39-31-20-24(2)14-18-33(31)42-38-36(39)35(41-32)22-29-28-16-15-27(21-34(28)43-37(29)38)40(25-9-5-3-6-10-25)26-11-7-4-8-12-26/h3-22H,1-2H3. The average molecular weight is 555 g/mol. The number of aryl methyl sites for hydroxylation is 2. The summed E-state index contributed by atoms with van der Waals surface area (Å²) < 4.78 is 20.0. The molecule has 1 aromatic heterocycles. The van der Waals surface area contributed by atoms with E-state index in [2.05, 4.69) is 128 Å². The van der Waals surface area contributed by atoms with E-state index in [-0.39, 0.29) is 6.71 Å². The molecule has 3 heterocycles. The summed E-state index contributed by atoms with van der Waals surface area (Å²) in [6, 6.07) is 42.2. The lowest BCUT2D eigenvalue weighted by molar-refractivity contribution is 0.462. The first-order valence-electron chi connectivity index (χ1n) is 14.6. The number of fused-ring (bicyclic) bond motifs is 8. The predicted octanol–water partition coefficient (Wildman–Crippen LogP) is 8.40. The Balaban J connectivity index is 1.28. The Morgan fingerprint density at radius 2 is 1.16 bits per heavy atom. The number of ether oxygens (including phenoxy) is 2. The molecular formula is C38H26BNO3. The third-order valence-corrected chi connectivity index (χ3v) is 8.66. The van der Waals surface area contributed by atoms with Crippen molar-refractivity contribution in [1.29, 1.82) is 0 Å². The van der Waals surface area contributed by atoms with Crippen LogP contribution in [-0.2, 0) is 0 Å². The van der Waals surface area contributed by atoms with Gasteiger partial charge in [0.25, 0.3) is 6.71 Å². The van der Waals surface area contributed by atoms with Crippen LogP contribution in [0.4, 0.5) is 17.1 Å². The quantitative estimate of drug-likeness (QED) is 0.205. The Morgan fingerprint density at radius 3 is 1.81 bits per heavy atom. The normalized spacial score (nSPS) is 12.7. The minimum absolute atomic E-state index is 0.00266. The molecule has 2 aliphatic rings. The summed E-state index contributed by atoms with van der Waals surface area (Å²) in [5, 5.41) is 2.00. The summed E-state index contributed by atoms with van der Waals surface area (Å²) in [5.41, 5.74) is 10.5. The fourth-order valence-corrected chi connectivity index (χ4v) is 6.74. The van der Waals surface area contributed by atoms with Crippen molar-refractivity contribution in [2.24, 2.45) is 0 Å². The van der Waals surface area contributed by atoms with Crippen LogP contribution in [0.3, 0.4) is 0 Å². The third kappa shape index (κ3) is 3.64. The Morgan fingerprint density at radius 1 is 0.535 bits per heavy atom. The highest BCUT2D eigenvalue weighted by Crippen LogP contribution is 2.45. The second kappa shape index (κ2) is 9.04. The summed E-state index contributed by atoms with van der Waals surface area (Å²) in [6.45, 7) is 4.25. The molecule has 0 atom stereocenters. The van der Waals surface area contributed by atoms with E-state index < -0.39 is 0 Å². The Kier molecular flexibility index (Phi) is 5.09. The molecule has 9 rings (SSSR count). The first kappa shape index (κ1) is 24.2. The van der Waals surface area contributed by atoms with Crippen LogP contribution < -0.4 is 30.8 Å². The molecule has 0 N–H and O–H groups in total. The highest BCUT2D eigenvalue weighted by molar-refractivity contribution is 6.98. The molecule has 5 heteroatoms. The molecule has 0 amide bonds. The van der Waals surface area contributed by atoms with Crippen molar-refractivity contribution in [1.82, 2.24) is 0 Å². The van der Waals surface area contributed by atoms with Crippen molar-refractivity contribution < 1.29 is 13.9 Å².